The maximum Gasteiger partial charge on any atom is 0.193 e. The van der Waals surface area contributed by atoms with Crippen molar-refractivity contribution in [2.45, 2.75) is 13.1 Å². The Morgan fingerprint density at radius 2 is 2.05 bits per heavy atom. The Morgan fingerprint density at radius 3 is 2.70 bits per heavy atom. The fourth-order valence-electron chi connectivity index (χ4n) is 1.82. The number of aromatic nitrogens is 2. The summed E-state index contributed by atoms with van der Waals surface area (Å²) in [6.45, 7) is 2.31. The van der Waals surface area contributed by atoms with Gasteiger partial charge in [-0.2, -0.15) is 5.10 Å². The molecule has 1 N–H and O–H groups in total. The summed E-state index contributed by atoms with van der Waals surface area (Å²) in [6, 6.07) is 12.2. The van der Waals surface area contributed by atoms with Crippen molar-refractivity contribution in [3.05, 3.63) is 54.4 Å². The third-order valence-corrected chi connectivity index (χ3v) is 2.86. The van der Waals surface area contributed by atoms with Crippen molar-refractivity contribution >= 4 is 5.96 Å². The van der Waals surface area contributed by atoms with Crippen LogP contribution >= 0.6 is 0 Å². The van der Waals surface area contributed by atoms with E-state index in [1.165, 1.54) is 5.56 Å². The van der Waals surface area contributed by atoms with Gasteiger partial charge in [-0.15, -0.1) is 0 Å². The molecule has 2 rings (SSSR count). The van der Waals surface area contributed by atoms with E-state index in [2.05, 4.69) is 27.5 Å². The SMILES string of the molecule is CN(C)C(=NCc1ccccc1)NCCn1cccn1. The second kappa shape index (κ2) is 7.33. The summed E-state index contributed by atoms with van der Waals surface area (Å²) in [5.74, 6) is 0.890. The Labute approximate surface area is 119 Å². The van der Waals surface area contributed by atoms with Gasteiger partial charge in [-0.1, -0.05) is 30.3 Å². The maximum absolute atomic E-state index is 4.61. The van der Waals surface area contributed by atoms with E-state index >= 15 is 0 Å². The van der Waals surface area contributed by atoms with Crippen LogP contribution in [0.2, 0.25) is 0 Å². The zero-order valence-electron chi connectivity index (χ0n) is 12.0. The number of guanidine groups is 1. The molecule has 0 aliphatic carbocycles. The first-order chi connectivity index (χ1) is 9.75. The first-order valence-electron chi connectivity index (χ1n) is 6.72. The van der Waals surface area contributed by atoms with E-state index in [1.807, 2.05) is 54.1 Å². The Bertz CT molecular complexity index is 516. The second-order valence-electron chi connectivity index (χ2n) is 4.72. The van der Waals surface area contributed by atoms with Crippen LogP contribution in [0.4, 0.5) is 0 Å². The molecular formula is C15H21N5. The molecule has 0 aliphatic rings. The summed E-state index contributed by atoms with van der Waals surface area (Å²) in [5.41, 5.74) is 1.21. The molecule has 5 heteroatoms. The van der Waals surface area contributed by atoms with Crippen LogP contribution in [0.15, 0.2) is 53.8 Å². The largest absolute Gasteiger partial charge is 0.354 e. The second-order valence-corrected chi connectivity index (χ2v) is 4.72. The highest BCUT2D eigenvalue weighted by atomic mass is 15.3. The van der Waals surface area contributed by atoms with Gasteiger partial charge in [0, 0.05) is 33.0 Å². The molecule has 0 aliphatic heterocycles. The monoisotopic (exact) mass is 271 g/mol. The summed E-state index contributed by atoms with van der Waals surface area (Å²) >= 11 is 0. The highest BCUT2D eigenvalue weighted by molar-refractivity contribution is 5.79. The first kappa shape index (κ1) is 14.1. The smallest absolute Gasteiger partial charge is 0.193 e. The molecule has 0 saturated heterocycles. The van der Waals surface area contributed by atoms with Crippen molar-refractivity contribution in [2.75, 3.05) is 20.6 Å². The van der Waals surface area contributed by atoms with Crippen molar-refractivity contribution in [1.29, 1.82) is 0 Å². The standard InChI is InChI=1S/C15H21N5/c1-19(2)15(16-10-12-20-11-6-9-18-20)17-13-14-7-4-3-5-8-14/h3-9,11H,10,12-13H2,1-2H3,(H,16,17). The number of hydrogen-bond donors (Lipinski definition) is 1. The minimum absolute atomic E-state index is 0.684. The molecular weight excluding hydrogens is 250 g/mol. The molecule has 1 heterocycles. The number of nitrogens with one attached hydrogen (secondary N) is 1. The van der Waals surface area contributed by atoms with Gasteiger partial charge in [-0.3, -0.25) is 4.68 Å². The van der Waals surface area contributed by atoms with E-state index in [1.54, 1.807) is 6.20 Å². The minimum atomic E-state index is 0.684. The van der Waals surface area contributed by atoms with E-state index in [-0.39, 0.29) is 0 Å². The van der Waals surface area contributed by atoms with Crippen molar-refractivity contribution < 1.29 is 0 Å². The molecule has 0 bridgehead atoms. The summed E-state index contributed by atoms with van der Waals surface area (Å²) in [5, 5.41) is 7.52. The zero-order valence-corrected chi connectivity index (χ0v) is 12.0. The van der Waals surface area contributed by atoms with Gasteiger partial charge in [-0.25, -0.2) is 4.99 Å². The van der Waals surface area contributed by atoms with Crippen LogP contribution in [-0.2, 0) is 13.1 Å². The molecule has 0 saturated carbocycles. The Kier molecular flexibility index (Phi) is 5.17. The normalized spacial score (nSPS) is 11.4. The molecule has 0 fully saturated rings. The van der Waals surface area contributed by atoms with Crippen molar-refractivity contribution in [3.63, 3.8) is 0 Å². The summed E-state index contributed by atoms with van der Waals surface area (Å²) in [7, 11) is 3.98. The van der Waals surface area contributed by atoms with Gasteiger partial charge in [-0.05, 0) is 11.6 Å². The molecule has 0 atom stereocenters. The molecule has 2 aromatic rings. The number of hydrogen-bond acceptors (Lipinski definition) is 2. The van der Waals surface area contributed by atoms with Crippen molar-refractivity contribution in [2.24, 2.45) is 4.99 Å². The molecule has 0 amide bonds. The first-order valence-corrected chi connectivity index (χ1v) is 6.72. The van der Waals surface area contributed by atoms with Crippen LogP contribution in [0.1, 0.15) is 5.56 Å². The van der Waals surface area contributed by atoms with Gasteiger partial charge >= 0.3 is 0 Å². The molecule has 1 aromatic heterocycles. The highest BCUT2D eigenvalue weighted by Gasteiger charge is 2.01. The van der Waals surface area contributed by atoms with Crippen LogP contribution in [0.3, 0.4) is 0 Å². The van der Waals surface area contributed by atoms with Crippen LogP contribution in [0.25, 0.3) is 0 Å². The average Bonchev–Trinajstić information content (AvgIpc) is 2.96. The molecule has 106 valence electrons. The fourth-order valence-corrected chi connectivity index (χ4v) is 1.82. The van der Waals surface area contributed by atoms with E-state index in [4.69, 9.17) is 0 Å². The molecule has 20 heavy (non-hydrogen) atoms. The quantitative estimate of drug-likeness (QED) is 0.663. The topological polar surface area (TPSA) is 45.5 Å². The average molecular weight is 271 g/mol. The van der Waals surface area contributed by atoms with Crippen LogP contribution < -0.4 is 5.32 Å². The Hall–Kier alpha value is -2.30. The van der Waals surface area contributed by atoms with Crippen LogP contribution in [0, 0.1) is 0 Å². The lowest BCUT2D eigenvalue weighted by Gasteiger charge is -2.17. The summed E-state index contributed by atoms with van der Waals surface area (Å²) in [4.78, 5) is 6.61. The number of benzene rings is 1. The van der Waals surface area contributed by atoms with E-state index < -0.39 is 0 Å². The lowest BCUT2D eigenvalue weighted by Crippen LogP contribution is -2.38. The molecule has 0 radical (unpaired) electrons. The highest BCUT2D eigenvalue weighted by Crippen LogP contribution is 2.00. The minimum Gasteiger partial charge on any atom is -0.354 e. The lowest BCUT2D eigenvalue weighted by atomic mass is 10.2. The van der Waals surface area contributed by atoms with Crippen LogP contribution in [0.5, 0.6) is 0 Å². The summed E-state index contributed by atoms with van der Waals surface area (Å²) in [6.07, 6.45) is 3.74. The molecule has 0 spiro atoms. The van der Waals surface area contributed by atoms with Gasteiger partial charge < -0.3 is 10.2 Å². The van der Waals surface area contributed by atoms with Gasteiger partial charge in [0.05, 0.1) is 13.1 Å². The number of nitrogens with zero attached hydrogens (tertiary/aromatic N) is 4. The predicted octanol–water partition coefficient (Wildman–Crippen LogP) is 1.59. The molecule has 5 nitrogen and oxygen atoms in total. The van der Waals surface area contributed by atoms with Gasteiger partial charge in [0.1, 0.15) is 0 Å². The van der Waals surface area contributed by atoms with Crippen molar-refractivity contribution in [3.8, 4) is 0 Å². The van der Waals surface area contributed by atoms with E-state index in [0.717, 1.165) is 19.0 Å². The third-order valence-electron chi connectivity index (χ3n) is 2.86. The Morgan fingerprint density at radius 1 is 1.25 bits per heavy atom. The zero-order chi connectivity index (χ0) is 14.2. The third kappa shape index (κ3) is 4.42. The molecule has 1 aromatic carbocycles. The van der Waals surface area contributed by atoms with Gasteiger partial charge in [0.25, 0.3) is 0 Å². The van der Waals surface area contributed by atoms with Gasteiger partial charge in [0.15, 0.2) is 5.96 Å². The maximum atomic E-state index is 4.61. The van der Waals surface area contributed by atoms with E-state index in [0.29, 0.717) is 6.54 Å². The molecule has 0 unspecified atom stereocenters. The predicted molar refractivity (Wildman–Crippen MR) is 81.5 cm³/mol. The fraction of sp³-hybridized carbons (Fsp3) is 0.333. The van der Waals surface area contributed by atoms with E-state index in [9.17, 15) is 0 Å². The Balaban J connectivity index is 1.86. The van der Waals surface area contributed by atoms with Crippen molar-refractivity contribution in [1.82, 2.24) is 20.0 Å². The summed E-state index contributed by atoms with van der Waals surface area (Å²) < 4.78 is 1.90. The van der Waals surface area contributed by atoms with Gasteiger partial charge in [0.2, 0.25) is 0 Å². The number of aliphatic imine (C=N–C) groups is 1. The lowest BCUT2D eigenvalue weighted by molar-refractivity contribution is 0.548. The van der Waals surface area contributed by atoms with Crippen LogP contribution in [-0.4, -0.2) is 41.3 Å². The number of rotatable bonds is 5.